The van der Waals surface area contributed by atoms with Crippen molar-refractivity contribution in [2.75, 3.05) is 18.5 Å². The fourth-order valence-electron chi connectivity index (χ4n) is 3.62. The molecule has 1 aromatic heterocycles. The van der Waals surface area contributed by atoms with E-state index in [1.807, 2.05) is 66.7 Å². The van der Waals surface area contributed by atoms with Crippen molar-refractivity contribution in [3.05, 3.63) is 95.3 Å². The summed E-state index contributed by atoms with van der Waals surface area (Å²) in [6, 6.07) is 21.8. The molecule has 0 bridgehead atoms. The summed E-state index contributed by atoms with van der Waals surface area (Å²) in [6.45, 7) is 1.01. The fraction of sp³-hybridized carbons (Fsp3) is 0.217. The summed E-state index contributed by atoms with van der Waals surface area (Å²) in [7, 11) is 2.09. The van der Waals surface area contributed by atoms with E-state index in [1.165, 1.54) is 11.3 Å². The minimum atomic E-state index is -0.121. The van der Waals surface area contributed by atoms with Crippen LogP contribution in [-0.2, 0) is 12.8 Å². The Balaban J connectivity index is 1.57. The van der Waals surface area contributed by atoms with Crippen molar-refractivity contribution in [1.29, 1.82) is 0 Å². The molecule has 1 amide bonds. The van der Waals surface area contributed by atoms with E-state index < -0.39 is 0 Å². The number of nitrogens with one attached hydrogen (secondary N) is 1. The first-order chi connectivity index (χ1) is 13.2. The molecule has 1 atom stereocenters. The monoisotopic (exact) mass is 357 g/mol. The second kappa shape index (κ2) is 7.62. The summed E-state index contributed by atoms with van der Waals surface area (Å²) in [5.74, 6) is -0.0443. The Kier molecular flexibility index (Phi) is 4.88. The van der Waals surface area contributed by atoms with Gasteiger partial charge in [0.1, 0.15) is 0 Å². The number of anilines is 1. The lowest BCUT2D eigenvalue weighted by molar-refractivity contribution is 0.0936. The van der Waals surface area contributed by atoms with Crippen molar-refractivity contribution in [3.8, 4) is 0 Å². The van der Waals surface area contributed by atoms with Crippen molar-refractivity contribution >= 4 is 11.6 Å². The number of hydrogen-bond acceptors (Lipinski definition) is 3. The van der Waals surface area contributed by atoms with Crippen LogP contribution >= 0.6 is 0 Å². The van der Waals surface area contributed by atoms with Crippen LogP contribution in [0, 0.1) is 0 Å². The minimum absolute atomic E-state index is 0.0443. The maximum atomic E-state index is 13.0. The highest BCUT2D eigenvalue weighted by atomic mass is 16.1. The van der Waals surface area contributed by atoms with Crippen molar-refractivity contribution in [2.24, 2.45) is 0 Å². The van der Waals surface area contributed by atoms with E-state index in [-0.39, 0.29) is 11.9 Å². The van der Waals surface area contributed by atoms with Gasteiger partial charge in [-0.2, -0.15) is 0 Å². The van der Waals surface area contributed by atoms with Crippen molar-refractivity contribution < 1.29 is 4.79 Å². The van der Waals surface area contributed by atoms with Gasteiger partial charge in [-0.15, -0.1) is 0 Å². The zero-order valence-electron chi connectivity index (χ0n) is 15.4. The van der Waals surface area contributed by atoms with E-state index in [2.05, 4.69) is 22.2 Å². The molecular weight excluding hydrogens is 334 g/mol. The third kappa shape index (κ3) is 3.85. The van der Waals surface area contributed by atoms with Crippen LogP contribution in [0.25, 0.3) is 0 Å². The summed E-state index contributed by atoms with van der Waals surface area (Å²) in [5.41, 5.74) is 5.22. The predicted octanol–water partition coefficient (Wildman–Crippen LogP) is 3.79. The molecule has 0 saturated carbocycles. The van der Waals surface area contributed by atoms with Gasteiger partial charge in [-0.25, -0.2) is 0 Å². The number of carbonyl (C=O) groups excluding carboxylic acids is 1. The van der Waals surface area contributed by atoms with E-state index in [1.54, 1.807) is 6.20 Å². The summed E-state index contributed by atoms with van der Waals surface area (Å²) < 4.78 is 0. The van der Waals surface area contributed by atoms with Gasteiger partial charge >= 0.3 is 0 Å². The molecule has 1 aliphatic rings. The van der Waals surface area contributed by atoms with Crippen molar-refractivity contribution in [3.63, 3.8) is 0 Å². The average Bonchev–Trinajstić information content (AvgIpc) is 3.09. The van der Waals surface area contributed by atoms with Crippen LogP contribution in [0.3, 0.4) is 0 Å². The second-order valence-electron chi connectivity index (χ2n) is 6.98. The Morgan fingerprint density at radius 2 is 1.93 bits per heavy atom. The van der Waals surface area contributed by atoms with Gasteiger partial charge in [0.25, 0.3) is 5.91 Å². The number of carbonyl (C=O) groups is 1. The van der Waals surface area contributed by atoms with Crippen LogP contribution in [-0.4, -0.2) is 24.5 Å². The van der Waals surface area contributed by atoms with Gasteiger partial charge in [-0.05, 0) is 47.9 Å². The van der Waals surface area contributed by atoms with E-state index in [4.69, 9.17) is 0 Å². The van der Waals surface area contributed by atoms with Crippen molar-refractivity contribution in [2.45, 2.75) is 18.9 Å². The largest absolute Gasteiger partial charge is 0.374 e. The van der Waals surface area contributed by atoms with Gasteiger partial charge in [0.2, 0.25) is 0 Å². The van der Waals surface area contributed by atoms with Crippen LogP contribution in [0.4, 0.5) is 5.69 Å². The fourth-order valence-corrected chi connectivity index (χ4v) is 3.62. The predicted molar refractivity (Wildman–Crippen MR) is 108 cm³/mol. The molecule has 0 radical (unpaired) electrons. The molecule has 0 saturated heterocycles. The van der Waals surface area contributed by atoms with Crippen molar-refractivity contribution in [1.82, 2.24) is 10.3 Å². The molecule has 3 aromatic rings. The molecule has 0 spiro atoms. The van der Waals surface area contributed by atoms with E-state index in [0.29, 0.717) is 12.0 Å². The van der Waals surface area contributed by atoms with Gasteiger partial charge in [0.05, 0.1) is 6.04 Å². The average molecular weight is 357 g/mol. The number of pyridine rings is 1. The smallest absolute Gasteiger partial charge is 0.251 e. The van der Waals surface area contributed by atoms with Gasteiger partial charge in [-0.3, -0.25) is 9.78 Å². The summed E-state index contributed by atoms with van der Waals surface area (Å²) in [4.78, 5) is 19.6. The Morgan fingerprint density at radius 3 is 2.70 bits per heavy atom. The van der Waals surface area contributed by atoms with Crippen LogP contribution in [0.1, 0.15) is 33.2 Å². The molecule has 2 heterocycles. The first kappa shape index (κ1) is 17.3. The lowest BCUT2D eigenvalue weighted by Crippen LogP contribution is -2.30. The summed E-state index contributed by atoms with van der Waals surface area (Å²) >= 11 is 0. The standard InChI is InChI=1S/C23H23N3O/c1-26-14-12-18-15-19(10-11-22(18)26)23(27)25-21(17-7-3-2-4-8-17)16-20-9-5-6-13-24-20/h2-11,13,15,21H,12,14,16H2,1H3,(H,25,27). The third-order valence-corrected chi connectivity index (χ3v) is 5.12. The highest BCUT2D eigenvalue weighted by molar-refractivity contribution is 5.95. The highest BCUT2D eigenvalue weighted by Gasteiger charge is 2.20. The lowest BCUT2D eigenvalue weighted by Gasteiger charge is -2.19. The molecule has 4 rings (SSSR count). The van der Waals surface area contributed by atoms with Crippen LogP contribution in [0.2, 0.25) is 0 Å². The lowest BCUT2D eigenvalue weighted by atomic mass is 10.0. The SMILES string of the molecule is CN1CCc2cc(C(=O)NC(Cc3ccccn3)c3ccccc3)ccc21. The van der Waals surface area contributed by atoms with Crippen LogP contribution in [0.5, 0.6) is 0 Å². The maximum Gasteiger partial charge on any atom is 0.251 e. The maximum absolute atomic E-state index is 13.0. The first-order valence-corrected chi connectivity index (χ1v) is 9.30. The van der Waals surface area contributed by atoms with Crippen LogP contribution in [0.15, 0.2) is 72.9 Å². The topological polar surface area (TPSA) is 45.2 Å². The highest BCUT2D eigenvalue weighted by Crippen LogP contribution is 2.27. The number of aromatic nitrogens is 1. The second-order valence-corrected chi connectivity index (χ2v) is 6.98. The zero-order chi connectivity index (χ0) is 18.6. The van der Waals surface area contributed by atoms with E-state index in [0.717, 1.165) is 24.2 Å². The molecule has 4 heteroatoms. The van der Waals surface area contributed by atoms with E-state index in [9.17, 15) is 4.79 Å². The van der Waals surface area contributed by atoms with Gasteiger partial charge < -0.3 is 10.2 Å². The summed E-state index contributed by atoms with van der Waals surface area (Å²) in [5, 5.41) is 3.21. The number of benzene rings is 2. The molecule has 0 fully saturated rings. The summed E-state index contributed by atoms with van der Waals surface area (Å²) in [6.07, 6.45) is 3.43. The quantitative estimate of drug-likeness (QED) is 0.756. The van der Waals surface area contributed by atoms with E-state index >= 15 is 0 Å². The first-order valence-electron chi connectivity index (χ1n) is 9.30. The molecule has 1 aliphatic heterocycles. The van der Waals surface area contributed by atoms with Gasteiger partial charge in [-0.1, -0.05) is 36.4 Å². The van der Waals surface area contributed by atoms with Gasteiger partial charge in [0, 0.05) is 43.2 Å². The Hall–Kier alpha value is -3.14. The number of amides is 1. The minimum Gasteiger partial charge on any atom is -0.374 e. The molecule has 4 nitrogen and oxygen atoms in total. The Morgan fingerprint density at radius 1 is 1.11 bits per heavy atom. The molecular formula is C23H23N3O. The molecule has 0 aliphatic carbocycles. The van der Waals surface area contributed by atoms with Gasteiger partial charge in [0.15, 0.2) is 0 Å². The number of nitrogens with zero attached hydrogens (tertiary/aromatic N) is 2. The normalized spacial score (nSPS) is 13.9. The number of fused-ring (bicyclic) bond motifs is 1. The number of likely N-dealkylation sites (N-methyl/N-ethyl adjacent to an activating group) is 1. The Labute approximate surface area is 159 Å². The number of hydrogen-bond donors (Lipinski definition) is 1. The molecule has 2 aromatic carbocycles. The Bertz CT molecular complexity index is 925. The molecule has 1 N–H and O–H groups in total. The molecule has 27 heavy (non-hydrogen) atoms. The zero-order valence-corrected chi connectivity index (χ0v) is 15.4. The van der Waals surface area contributed by atoms with Crippen LogP contribution < -0.4 is 10.2 Å². The third-order valence-electron chi connectivity index (χ3n) is 5.12. The molecule has 1 unspecified atom stereocenters. The number of rotatable bonds is 5. The molecule has 136 valence electrons.